The van der Waals surface area contributed by atoms with Gasteiger partial charge in [-0.1, -0.05) is 56.3 Å². The number of nitrogens with zero attached hydrogens (tertiary/aromatic N) is 1. The third kappa shape index (κ3) is 4.16. The van der Waals surface area contributed by atoms with Crippen LogP contribution in [-0.4, -0.2) is 29.3 Å². The molecule has 1 aliphatic rings. The smallest absolute Gasteiger partial charge is 0.324 e. The van der Waals surface area contributed by atoms with Crippen molar-refractivity contribution in [3.05, 3.63) is 65.2 Å². The molecule has 1 saturated heterocycles. The molecule has 1 unspecified atom stereocenters. The number of hydrogen-bond acceptors (Lipinski definition) is 3. The Bertz CT molecular complexity index is 940. The van der Waals surface area contributed by atoms with Crippen molar-refractivity contribution in [1.29, 1.82) is 0 Å². The van der Waals surface area contributed by atoms with E-state index >= 15 is 0 Å². The van der Waals surface area contributed by atoms with Crippen LogP contribution in [0.4, 0.5) is 10.5 Å². The summed E-state index contributed by atoms with van der Waals surface area (Å²) in [5, 5.41) is 5.68. The molecule has 0 saturated carbocycles. The molecular weight excluding hydrogens is 366 g/mol. The van der Waals surface area contributed by atoms with Gasteiger partial charge in [0.1, 0.15) is 12.1 Å². The van der Waals surface area contributed by atoms with E-state index in [1.807, 2.05) is 76.2 Å². The zero-order valence-corrected chi connectivity index (χ0v) is 17.3. The fraction of sp³-hybridized carbons (Fsp3) is 0.348. The lowest BCUT2D eigenvalue weighted by Gasteiger charge is -2.29. The largest absolute Gasteiger partial charge is 0.325 e. The monoisotopic (exact) mass is 393 g/mol. The standard InChI is InChI=1S/C23H27N3O3/c1-15(2)13-23(18-8-6-5-7-9-18)21(28)26(22(29)25-23)14-20(27)24-19-12-16(3)10-11-17(19)4/h5-12,15H,13-14H2,1-4H3,(H,24,27)(H,25,29). The highest BCUT2D eigenvalue weighted by Gasteiger charge is 2.52. The molecule has 2 N–H and O–H groups in total. The molecule has 0 bridgehead atoms. The number of nitrogens with one attached hydrogen (secondary N) is 2. The van der Waals surface area contributed by atoms with Gasteiger partial charge in [-0.15, -0.1) is 0 Å². The van der Waals surface area contributed by atoms with Crippen molar-refractivity contribution in [3.8, 4) is 0 Å². The normalized spacial score (nSPS) is 18.9. The van der Waals surface area contributed by atoms with E-state index in [0.717, 1.165) is 21.6 Å². The Morgan fingerprint density at radius 1 is 1.10 bits per heavy atom. The summed E-state index contributed by atoms with van der Waals surface area (Å²) in [5.74, 6) is -0.628. The molecule has 3 rings (SSSR count). The van der Waals surface area contributed by atoms with E-state index in [-0.39, 0.29) is 12.5 Å². The number of amides is 4. The fourth-order valence-electron chi connectivity index (χ4n) is 3.76. The van der Waals surface area contributed by atoms with Gasteiger partial charge in [-0.05, 0) is 48.9 Å². The van der Waals surface area contributed by atoms with E-state index in [2.05, 4.69) is 10.6 Å². The molecule has 29 heavy (non-hydrogen) atoms. The molecule has 6 nitrogen and oxygen atoms in total. The summed E-state index contributed by atoms with van der Waals surface area (Å²) in [6, 6.07) is 14.4. The van der Waals surface area contributed by atoms with Crippen LogP contribution in [0.5, 0.6) is 0 Å². The number of carbonyl (C=O) groups excluding carboxylic acids is 3. The number of urea groups is 1. The molecule has 152 valence electrons. The molecule has 0 radical (unpaired) electrons. The van der Waals surface area contributed by atoms with Crippen LogP contribution < -0.4 is 10.6 Å². The van der Waals surface area contributed by atoms with E-state index in [1.165, 1.54) is 0 Å². The van der Waals surface area contributed by atoms with Gasteiger partial charge >= 0.3 is 6.03 Å². The van der Waals surface area contributed by atoms with Gasteiger partial charge in [-0.2, -0.15) is 0 Å². The second-order valence-electron chi connectivity index (χ2n) is 8.06. The average Bonchev–Trinajstić information content (AvgIpc) is 2.90. The van der Waals surface area contributed by atoms with E-state index in [4.69, 9.17) is 0 Å². The minimum absolute atomic E-state index is 0.170. The lowest BCUT2D eigenvalue weighted by molar-refractivity contribution is -0.134. The molecule has 1 heterocycles. The summed E-state index contributed by atoms with van der Waals surface area (Å²) >= 11 is 0. The van der Waals surface area contributed by atoms with Crippen molar-refractivity contribution >= 4 is 23.5 Å². The van der Waals surface area contributed by atoms with E-state index in [1.54, 1.807) is 0 Å². The van der Waals surface area contributed by atoms with Crippen molar-refractivity contribution in [2.75, 3.05) is 11.9 Å². The van der Waals surface area contributed by atoms with Gasteiger partial charge in [-0.25, -0.2) is 4.79 Å². The maximum absolute atomic E-state index is 13.3. The molecule has 2 aromatic carbocycles. The number of benzene rings is 2. The molecule has 6 heteroatoms. The topological polar surface area (TPSA) is 78.5 Å². The molecule has 1 aliphatic heterocycles. The van der Waals surface area contributed by atoms with Gasteiger partial charge in [0.15, 0.2) is 0 Å². The Balaban J connectivity index is 1.83. The summed E-state index contributed by atoms with van der Waals surface area (Å²) in [4.78, 5) is 39.6. The summed E-state index contributed by atoms with van der Waals surface area (Å²) < 4.78 is 0. The fourth-order valence-corrected chi connectivity index (χ4v) is 3.76. The van der Waals surface area contributed by atoms with Crippen molar-refractivity contribution < 1.29 is 14.4 Å². The predicted octanol–water partition coefficient (Wildman–Crippen LogP) is 3.74. The number of rotatable bonds is 6. The number of carbonyl (C=O) groups is 3. The van der Waals surface area contributed by atoms with Crippen molar-refractivity contribution in [3.63, 3.8) is 0 Å². The molecular formula is C23H27N3O3. The Morgan fingerprint density at radius 2 is 1.79 bits per heavy atom. The number of anilines is 1. The molecule has 2 aromatic rings. The second-order valence-corrected chi connectivity index (χ2v) is 8.06. The van der Waals surface area contributed by atoms with Crippen LogP contribution in [0.3, 0.4) is 0 Å². The predicted molar refractivity (Wildman–Crippen MR) is 112 cm³/mol. The maximum atomic E-state index is 13.3. The second kappa shape index (κ2) is 8.07. The van der Waals surface area contributed by atoms with Crippen LogP contribution >= 0.6 is 0 Å². The van der Waals surface area contributed by atoms with E-state index in [9.17, 15) is 14.4 Å². The first-order chi connectivity index (χ1) is 13.7. The zero-order chi connectivity index (χ0) is 21.2. The quantitative estimate of drug-likeness (QED) is 0.734. The Labute approximate surface area is 171 Å². The Morgan fingerprint density at radius 3 is 2.45 bits per heavy atom. The minimum Gasteiger partial charge on any atom is -0.324 e. The van der Waals surface area contributed by atoms with E-state index < -0.39 is 23.4 Å². The van der Waals surface area contributed by atoms with Crippen molar-refractivity contribution in [2.24, 2.45) is 5.92 Å². The first kappa shape index (κ1) is 20.6. The molecule has 4 amide bonds. The summed E-state index contributed by atoms with van der Waals surface area (Å²) in [6.07, 6.45) is 0.455. The van der Waals surface area contributed by atoms with E-state index in [0.29, 0.717) is 12.1 Å². The van der Waals surface area contributed by atoms with Crippen LogP contribution in [0.15, 0.2) is 48.5 Å². The summed E-state index contributed by atoms with van der Waals surface area (Å²) in [5.41, 5.74) is 2.19. The first-order valence-electron chi connectivity index (χ1n) is 9.79. The van der Waals surface area contributed by atoms with Crippen LogP contribution in [0, 0.1) is 19.8 Å². The van der Waals surface area contributed by atoms with Crippen LogP contribution in [-0.2, 0) is 15.1 Å². The maximum Gasteiger partial charge on any atom is 0.325 e. The average molecular weight is 393 g/mol. The minimum atomic E-state index is -1.15. The third-order valence-corrected chi connectivity index (χ3v) is 5.13. The van der Waals surface area contributed by atoms with Gasteiger partial charge in [0.25, 0.3) is 5.91 Å². The Kier molecular flexibility index (Phi) is 5.73. The molecule has 1 atom stereocenters. The SMILES string of the molecule is Cc1ccc(C)c(NC(=O)CN2C(=O)NC(CC(C)C)(c3ccccc3)C2=O)c1. The van der Waals surface area contributed by atoms with Gasteiger partial charge in [0, 0.05) is 5.69 Å². The first-order valence-corrected chi connectivity index (χ1v) is 9.79. The lowest BCUT2D eigenvalue weighted by atomic mass is 9.82. The van der Waals surface area contributed by atoms with Gasteiger partial charge in [0.05, 0.1) is 0 Å². The van der Waals surface area contributed by atoms with Gasteiger partial charge in [-0.3, -0.25) is 14.5 Å². The lowest BCUT2D eigenvalue weighted by Crippen LogP contribution is -2.45. The van der Waals surface area contributed by atoms with Crippen LogP contribution in [0.1, 0.15) is 37.0 Å². The van der Waals surface area contributed by atoms with Gasteiger partial charge < -0.3 is 10.6 Å². The molecule has 1 fully saturated rings. The highest BCUT2D eigenvalue weighted by molar-refractivity contribution is 6.10. The highest BCUT2D eigenvalue weighted by Crippen LogP contribution is 2.35. The summed E-state index contributed by atoms with van der Waals surface area (Å²) in [6.45, 7) is 7.50. The van der Waals surface area contributed by atoms with Crippen molar-refractivity contribution in [1.82, 2.24) is 10.2 Å². The molecule has 0 aliphatic carbocycles. The summed E-state index contributed by atoms with van der Waals surface area (Å²) in [7, 11) is 0. The number of imide groups is 1. The zero-order valence-electron chi connectivity index (χ0n) is 17.3. The van der Waals surface area contributed by atoms with Crippen molar-refractivity contribution in [2.45, 2.75) is 39.7 Å². The van der Waals surface area contributed by atoms with Crippen LogP contribution in [0.2, 0.25) is 0 Å². The third-order valence-electron chi connectivity index (χ3n) is 5.13. The molecule has 0 spiro atoms. The highest BCUT2D eigenvalue weighted by atomic mass is 16.2. The van der Waals surface area contributed by atoms with Crippen LogP contribution in [0.25, 0.3) is 0 Å². The van der Waals surface area contributed by atoms with Gasteiger partial charge in [0.2, 0.25) is 5.91 Å². The number of hydrogen-bond donors (Lipinski definition) is 2. The number of aryl methyl sites for hydroxylation is 2. The molecule has 0 aromatic heterocycles. The Hall–Kier alpha value is -3.15.